The van der Waals surface area contributed by atoms with E-state index in [4.69, 9.17) is 0 Å². The Balaban J connectivity index is 2.71. The van der Waals surface area contributed by atoms with Crippen molar-refractivity contribution in [3.63, 3.8) is 0 Å². The monoisotopic (exact) mass is 247 g/mol. The summed E-state index contributed by atoms with van der Waals surface area (Å²) in [5, 5.41) is 0. The minimum atomic E-state index is 0.208. The van der Waals surface area contributed by atoms with Crippen molar-refractivity contribution in [2.45, 2.75) is 34.6 Å². The van der Waals surface area contributed by atoms with Crippen LogP contribution in [0.1, 0.15) is 42.3 Å². The number of ketones is 1. The first kappa shape index (κ1) is 14.9. The van der Waals surface area contributed by atoms with Crippen molar-refractivity contribution in [2.24, 2.45) is 5.41 Å². The zero-order chi connectivity index (χ0) is 13.9. The molecule has 0 atom stereocenters. The fourth-order valence-electron chi connectivity index (χ4n) is 2.32. The number of nitrogens with zero attached hydrogens (tertiary/aromatic N) is 1. The molecule has 1 aromatic carbocycles. The third-order valence-electron chi connectivity index (χ3n) is 2.84. The van der Waals surface area contributed by atoms with E-state index >= 15 is 0 Å². The van der Waals surface area contributed by atoms with Crippen LogP contribution in [-0.2, 0) is 0 Å². The molecule has 0 aliphatic carbocycles. The van der Waals surface area contributed by atoms with Crippen LogP contribution in [0.5, 0.6) is 0 Å². The fraction of sp³-hybridized carbons (Fsp3) is 0.562. The Labute approximate surface area is 111 Å². The summed E-state index contributed by atoms with van der Waals surface area (Å²) in [4.78, 5) is 14.3. The second-order valence-corrected chi connectivity index (χ2v) is 6.47. The Hall–Kier alpha value is -1.15. The number of likely N-dealkylation sites (N-methyl/N-ethyl adjacent to an activating group) is 1. The van der Waals surface area contributed by atoms with Crippen molar-refractivity contribution in [2.75, 3.05) is 20.1 Å². The van der Waals surface area contributed by atoms with E-state index in [1.165, 1.54) is 5.56 Å². The zero-order valence-electron chi connectivity index (χ0n) is 12.5. The molecule has 0 radical (unpaired) electrons. The highest BCUT2D eigenvalue weighted by Crippen LogP contribution is 2.16. The predicted octanol–water partition coefficient (Wildman–Crippen LogP) is 3.46. The largest absolute Gasteiger partial charge is 0.298 e. The lowest BCUT2D eigenvalue weighted by Crippen LogP contribution is -2.33. The maximum absolute atomic E-state index is 12.2. The van der Waals surface area contributed by atoms with E-state index in [-0.39, 0.29) is 11.2 Å². The Morgan fingerprint density at radius 2 is 1.83 bits per heavy atom. The number of hydrogen-bond donors (Lipinski definition) is 0. The molecule has 0 saturated carbocycles. The van der Waals surface area contributed by atoms with Gasteiger partial charge < -0.3 is 0 Å². The molecule has 0 aliphatic heterocycles. The number of rotatable bonds is 4. The molecule has 1 aromatic rings. The van der Waals surface area contributed by atoms with Crippen molar-refractivity contribution in [1.82, 2.24) is 4.90 Å². The molecule has 0 bridgehead atoms. The van der Waals surface area contributed by atoms with Gasteiger partial charge in [-0.3, -0.25) is 9.69 Å². The lowest BCUT2D eigenvalue weighted by molar-refractivity contribution is 0.0926. The number of benzene rings is 1. The minimum absolute atomic E-state index is 0.208. The number of Topliss-reactive ketones (excluding diaryl/α,β-unsaturated/α-hetero) is 1. The second-order valence-electron chi connectivity index (χ2n) is 6.47. The topological polar surface area (TPSA) is 20.3 Å². The van der Waals surface area contributed by atoms with Crippen molar-refractivity contribution < 1.29 is 4.79 Å². The van der Waals surface area contributed by atoms with E-state index in [1.54, 1.807) is 0 Å². The molecule has 1 rings (SSSR count). The lowest BCUT2D eigenvalue weighted by atomic mass is 9.96. The number of carbonyl (C=O) groups is 1. The summed E-state index contributed by atoms with van der Waals surface area (Å²) in [6.07, 6.45) is 0. The molecule has 100 valence electrons. The molecule has 0 aromatic heterocycles. The number of aryl methyl sites for hydroxylation is 2. The molecule has 18 heavy (non-hydrogen) atoms. The van der Waals surface area contributed by atoms with E-state index < -0.39 is 0 Å². The van der Waals surface area contributed by atoms with Crippen LogP contribution in [0.15, 0.2) is 18.2 Å². The molecule has 0 aliphatic rings. The molecule has 0 fully saturated rings. The van der Waals surface area contributed by atoms with Crippen molar-refractivity contribution in [3.05, 3.63) is 34.9 Å². The molecule has 0 N–H and O–H groups in total. The summed E-state index contributed by atoms with van der Waals surface area (Å²) < 4.78 is 0. The van der Waals surface area contributed by atoms with Gasteiger partial charge >= 0.3 is 0 Å². The van der Waals surface area contributed by atoms with Gasteiger partial charge in [0, 0.05) is 12.1 Å². The Kier molecular flexibility index (Phi) is 4.69. The highest BCUT2D eigenvalue weighted by molar-refractivity contribution is 5.98. The van der Waals surface area contributed by atoms with Crippen LogP contribution in [0.25, 0.3) is 0 Å². The van der Waals surface area contributed by atoms with E-state index in [0.29, 0.717) is 6.54 Å². The van der Waals surface area contributed by atoms with E-state index in [1.807, 2.05) is 33.0 Å². The summed E-state index contributed by atoms with van der Waals surface area (Å²) in [5.74, 6) is 0.208. The molecule has 0 saturated heterocycles. The van der Waals surface area contributed by atoms with Crippen LogP contribution in [0, 0.1) is 19.3 Å². The van der Waals surface area contributed by atoms with Gasteiger partial charge in [0.1, 0.15) is 0 Å². The lowest BCUT2D eigenvalue weighted by Gasteiger charge is -2.26. The van der Waals surface area contributed by atoms with Gasteiger partial charge in [-0.15, -0.1) is 0 Å². The van der Waals surface area contributed by atoms with Crippen LogP contribution in [0.4, 0.5) is 0 Å². The first-order valence-electron chi connectivity index (χ1n) is 6.48. The third-order valence-corrected chi connectivity index (χ3v) is 2.84. The van der Waals surface area contributed by atoms with E-state index in [9.17, 15) is 4.79 Å². The normalized spacial score (nSPS) is 11.9. The third kappa shape index (κ3) is 4.61. The van der Waals surface area contributed by atoms with Crippen molar-refractivity contribution in [1.29, 1.82) is 0 Å². The zero-order valence-corrected chi connectivity index (χ0v) is 12.5. The van der Waals surface area contributed by atoms with Gasteiger partial charge in [-0.25, -0.2) is 0 Å². The molecule has 0 heterocycles. The molecule has 0 spiro atoms. The average molecular weight is 247 g/mol. The maximum Gasteiger partial charge on any atom is 0.177 e. The summed E-state index contributed by atoms with van der Waals surface area (Å²) >= 11 is 0. The summed E-state index contributed by atoms with van der Waals surface area (Å²) in [5.41, 5.74) is 3.34. The smallest absolute Gasteiger partial charge is 0.177 e. The average Bonchev–Trinajstić information content (AvgIpc) is 2.13. The van der Waals surface area contributed by atoms with Crippen LogP contribution < -0.4 is 0 Å². The summed E-state index contributed by atoms with van der Waals surface area (Å²) in [7, 11) is 2.01. The first-order valence-corrected chi connectivity index (χ1v) is 6.48. The van der Waals surface area contributed by atoms with Crippen LogP contribution in [-0.4, -0.2) is 30.8 Å². The first-order chi connectivity index (χ1) is 8.19. The predicted molar refractivity (Wildman–Crippen MR) is 77.2 cm³/mol. The molecular weight excluding hydrogens is 222 g/mol. The maximum atomic E-state index is 12.2. The van der Waals surface area contributed by atoms with Crippen LogP contribution >= 0.6 is 0 Å². The van der Waals surface area contributed by atoms with Gasteiger partial charge in [-0.2, -0.15) is 0 Å². The quantitative estimate of drug-likeness (QED) is 0.759. The Morgan fingerprint density at radius 1 is 1.22 bits per heavy atom. The van der Waals surface area contributed by atoms with E-state index in [0.717, 1.165) is 17.7 Å². The van der Waals surface area contributed by atoms with Crippen LogP contribution in [0.2, 0.25) is 0 Å². The highest BCUT2D eigenvalue weighted by Gasteiger charge is 2.17. The van der Waals surface area contributed by atoms with E-state index in [2.05, 4.69) is 31.7 Å². The van der Waals surface area contributed by atoms with Gasteiger partial charge in [0.05, 0.1) is 6.54 Å². The molecule has 0 unspecified atom stereocenters. The van der Waals surface area contributed by atoms with Gasteiger partial charge in [-0.1, -0.05) is 44.5 Å². The van der Waals surface area contributed by atoms with Gasteiger partial charge in [0.15, 0.2) is 5.78 Å². The number of carbonyl (C=O) groups excluding carboxylic acids is 1. The van der Waals surface area contributed by atoms with Crippen LogP contribution in [0.3, 0.4) is 0 Å². The van der Waals surface area contributed by atoms with Gasteiger partial charge in [0.25, 0.3) is 0 Å². The molecule has 0 amide bonds. The Morgan fingerprint density at radius 3 is 2.33 bits per heavy atom. The standard InChI is InChI=1S/C16H25NO/c1-12-7-8-14(13(2)9-12)15(18)10-17(6)11-16(3,4)5/h7-9H,10-11H2,1-6H3. The summed E-state index contributed by atoms with van der Waals surface area (Å²) in [6, 6.07) is 6.01. The van der Waals surface area contributed by atoms with Gasteiger partial charge in [0.2, 0.25) is 0 Å². The highest BCUT2D eigenvalue weighted by atomic mass is 16.1. The minimum Gasteiger partial charge on any atom is -0.298 e. The SMILES string of the molecule is Cc1ccc(C(=O)CN(C)CC(C)(C)C)c(C)c1. The van der Waals surface area contributed by atoms with Crippen molar-refractivity contribution >= 4 is 5.78 Å². The molecule has 2 nitrogen and oxygen atoms in total. The van der Waals surface area contributed by atoms with Gasteiger partial charge in [-0.05, 0) is 31.9 Å². The second kappa shape index (κ2) is 5.66. The molecular formula is C16H25NO. The number of hydrogen-bond acceptors (Lipinski definition) is 2. The molecule has 2 heteroatoms. The van der Waals surface area contributed by atoms with Crippen molar-refractivity contribution in [3.8, 4) is 0 Å². The fourth-order valence-corrected chi connectivity index (χ4v) is 2.32. The Bertz CT molecular complexity index is 429. The summed E-state index contributed by atoms with van der Waals surface area (Å²) in [6.45, 7) is 12.0.